The first kappa shape index (κ1) is 11.0. The number of carbonyl (C=O) groups excluding carboxylic acids is 1. The zero-order chi connectivity index (χ0) is 11.5. The third-order valence-corrected chi connectivity index (χ3v) is 2.84. The number of rotatable bonds is 2. The van der Waals surface area contributed by atoms with Gasteiger partial charge in [-0.05, 0) is 17.7 Å². The van der Waals surface area contributed by atoms with Crippen LogP contribution in [0.1, 0.15) is 5.56 Å². The fourth-order valence-corrected chi connectivity index (χ4v) is 1.83. The molecule has 0 radical (unpaired) electrons. The quantitative estimate of drug-likeness (QED) is 0.800. The molecule has 0 saturated carbocycles. The molecule has 1 N–H and O–H groups in total. The van der Waals surface area contributed by atoms with Gasteiger partial charge in [-0.25, -0.2) is 0 Å². The van der Waals surface area contributed by atoms with Gasteiger partial charge < -0.3 is 10.0 Å². The molecule has 2 rings (SSSR count). The Balaban J connectivity index is 2.03. The van der Waals surface area contributed by atoms with Crippen LogP contribution in [0.2, 0.25) is 5.02 Å². The van der Waals surface area contributed by atoms with Crippen LogP contribution in [0.25, 0.3) is 0 Å². The summed E-state index contributed by atoms with van der Waals surface area (Å²) in [7, 11) is 0. The van der Waals surface area contributed by atoms with Crippen LogP contribution in [0.15, 0.2) is 30.4 Å². The molecular weight excluding hydrogens is 226 g/mol. The minimum absolute atomic E-state index is 0.0423. The summed E-state index contributed by atoms with van der Waals surface area (Å²) in [6, 6.07) is 4.84. The predicted octanol–water partition coefficient (Wildman–Crippen LogP) is 1.99. The van der Waals surface area contributed by atoms with Crippen molar-refractivity contribution in [3.8, 4) is 5.75 Å². The SMILES string of the molecule is O=C(Cc1ccc(O)c(Cl)c1)N1CC=CC1. The van der Waals surface area contributed by atoms with Crippen molar-refractivity contribution >= 4 is 17.5 Å². The van der Waals surface area contributed by atoms with Crippen molar-refractivity contribution in [3.63, 3.8) is 0 Å². The Morgan fingerprint density at radius 3 is 2.69 bits per heavy atom. The average molecular weight is 238 g/mol. The molecule has 1 aromatic carbocycles. The number of hydrogen-bond acceptors (Lipinski definition) is 2. The van der Waals surface area contributed by atoms with Crippen molar-refractivity contribution in [2.45, 2.75) is 6.42 Å². The number of phenolic OH excluding ortho intramolecular Hbond substituents is 1. The minimum atomic E-state index is 0.0423. The van der Waals surface area contributed by atoms with Crippen molar-refractivity contribution in [1.29, 1.82) is 0 Å². The molecule has 0 bridgehead atoms. The van der Waals surface area contributed by atoms with Crippen LogP contribution >= 0.6 is 11.6 Å². The van der Waals surface area contributed by atoms with Gasteiger partial charge in [0.1, 0.15) is 5.75 Å². The number of aromatic hydroxyl groups is 1. The van der Waals surface area contributed by atoms with E-state index in [0.29, 0.717) is 19.5 Å². The summed E-state index contributed by atoms with van der Waals surface area (Å²) in [5.41, 5.74) is 0.819. The van der Waals surface area contributed by atoms with Gasteiger partial charge in [-0.3, -0.25) is 4.79 Å². The van der Waals surface area contributed by atoms with Gasteiger partial charge in [0.05, 0.1) is 11.4 Å². The van der Waals surface area contributed by atoms with Crippen LogP contribution in [0.5, 0.6) is 5.75 Å². The highest BCUT2D eigenvalue weighted by molar-refractivity contribution is 6.32. The lowest BCUT2D eigenvalue weighted by Gasteiger charge is -2.15. The zero-order valence-corrected chi connectivity index (χ0v) is 9.44. The van der Waals surface area contributed by atoms with Gasteiger partial charge in [-0.2, -0.15) is 0 Å². The Bertz CT molecular complexity index is 435. The summed E-state index contributed by atoms with van der Waals surface area (Å²) in [6.07, 6.45) is 4.27. The van der Waals surface area contributed by atoms with Gasteiger partial charge in [-0.15, -0.1) is 0 Å². The Morgan fingerprint density at radius 2 is 2.06 bits per heavy atom. The van der Waals surface area contributed by atoms with Crippen molar-refractivity contribution in [2.75, 3.05) is 13.1 Å². The summed E-state index contributed by atoms with van der Waals surface area (Å²) >= 11 is 5.77. The lowest BCUT2D eigenvalue weighted by molar-refractivity contribution is -0.129. The van der Waals surface area contributed by atoms with Gasteiger partial charge >= 0.3 is 0 Å². The van der Waals surface area contributed by atoms with E-state index < -0.39 is 0 Å². The second-order valence-corrected chi connectivity index (χ2v) is 4.14. The maximum atomic E-state index is 11.8. The van der Waals surface area contributed by atoms with Gasteiger partial charge in [0.25, 0.3) is 0 Å². The number of benzene rings is 1. The van der Waals surface area contributed by atoms with Crippen molar-refractivity contribution in [1.82, 2.24) is 4.90 Å². The second kappa shape index (κ2) is 4.58. The van der Waals surface area contributed by atoms with Crippen LogP contribution in [0.4, 0.5) is 0 Å². The van der Waals surface area contributed by atoms with Gasteiger partial charge in [-0.1, -0.05) is 29.8 Å². The number of carbonyl (C=O) groups is 1. The maximum Gasteiger partial charge on any atom is 0.227 e. The molecule has 1 heterocycles. The van der Waals surface area contributed by atoms with Gasteiger partial charge in [0.15, 0.2) is 0 Å². The van der Waals surface area contributed by atoms with Crippen LogP contribution in [0.3, 0.4) is 0 Å². The maximum absolute atomic E-state index is 11.8. The van der Waals surface area contributed by atoms with E-state index in [4.69, 9.17) is 11.6 Å². The standard InChI is InChI=1S/C12H12ClNO2/c13-10-7-9(3-4-11(10)15)8-12(16)14-5-1-2-6-14/h1-4,7,15H,5-6,8H2. The Morgan fingerprint density at radius 1 is 1.38 bits per heavy atom. The molecule has 0 saturated heterocycles. The summed E-state index contributed by atoms with van der Waals surface area (Å²) in [5, 5.41) is 9.53. The topological polar surface area (TPSA) is 40.5 Å². The first-order valence-corrected chi connectivity index (χ1v) is 5.45. The van der Waals surface area contributed by atoms with E-state index in [1.807, 2.05) is 12.2 Å². The number of nitrogens with zero attached hydrogens (tertiary/aromatic N) is 1. The van der Waals surface area contributed by atoms with Crippen LogP contribution in [-0.2, 0) is 11.2 Å². The van der Waals surface area contributed by atoms with Gasteiger partial charge in [0, 0.05) is 13.1 Å². The first-order valence-electron chi connectivity index (χ1n) is 5.07. The van der Waals surface area contributed by atoms with Gasteiger partial charge in [0.2, 0.25) is 5.91 Å². The molecule has 0 aromatic heterocycles. The number of amides is 1. The zero-order valence-electron chi connectivity index (χ0n) is 8.69. The highest BCUT2D eigenvalue weighted by Crippen LogP contribution is 2.24. The first-order chi connectivity index (χ1) is 7.66. The molecule has 0 atom stereocenters. The average Bonchev–Trinajstić information content (AvgIpc) is 2.77. The largest absolute Gasteiger partial charge is 0.506 e. The minimum Gasteiger partial charge on any atom is -0.506 e. The molecular formula is C12H12ClNO2. The van der Waals surface area contributed by atoms with E-state index in [2.05, 4.69) is 0 Å². The van der Waals surface area contributed by atoms with Crippen molar-refractivity contribution in [3.05, 3.63) is 40.9 Å². The molecule has 1 aliphatic rings. The summed E-state index contributed by atoms with van der Waals surface area (Å²) in [4.78, 5) is 13.6. The molecule has 0 unspecified atom stereocenters. The summed E-state index contributed by atoms with van der Waals surface area (Å²) in [6.45, 7) is 1.37. The Kier molecular flexibility index (Phi) is 3.15. The third-order valence-electron chi connectivity index (χ3n) is 2.54. The van der Waals surface area contributed by atoms with Crippen LogP contribution in [-0.4, -0.2) is 29.0 Å². The summed E-state index contributed by atoms with van der Waals surface area (Å²) in [5.74, 6) is 0.118. The number of phenols is 1. The normalized spacial score (nSPS) is 14.4. The number of hydrogen-bond donors (Lipinski definition) is 1. The van der Waals surface area contributed by atoms with Crippen molar-refractivity contribution in [2.24, 2.45) is 0 Å². The van der Waals surface area contributed by atoms with E-state index in [-0.39, 0.29) is 16.7 Å². The van der Waals surface area contributed by atoms with E-state index in [1.165, 1.54) is 6.07 Å². The molecule has 0 spiro atoms. The molecule has 1 aliphatic heterocycles. The molecule has 1 amide bonds. The van der Waals surface area contributed by atoms with Crippen LogP contribution < -0.4 is 0 Å². The smallest absolute Gasteiger partial charge is 0.227 e. The lowest BCUT2D eigenvalue weighted by atomic mass is 10.1. The molecule has 1 aromatic rings. The number of halogens is 1. The summed E-state index contributed by atoms with van der Waals surface area (Å²) < 4.78 is 0. The van der Waals surface area contributed by atoms with E-state index >= 15 is 0 Å². The predicted molar refractivity (Wildman–Crippen MR) is 62.5 cm³/mol. The molecule has 3 nitrogen and oxygen atoms in total. The monoisotopic (exact) mass is 237 g/mol. The highest BCUT2D eigenvalue weighted by atomic mass is 35.5. The third kappa shape index (κ3) is 2.36. The lowest BCUT2D eigenvalue weighted by Crippen LogP contribution is -2.29. The van der Waals surface area contributed by atoms with E-state index in [9.17, 15) is 9.90 Å². The fourth-order valence-electron chi connectivity index (χ4n) is 1.63. The Hall–Kier alpha value is -1.48. The Labute approximate surface area is 98.9 Å². The fraction of sp³-hybridized carbons (Fsp3) is 0.250. The highest BCUT2D eigenvalue weighted by Gasteiger charge is 2.14. The molecule has 0 fully saturated rings. The molecule has 4 heteroatoms. The van der Waals surface area contributed by atoms with Crippen molar-refractivity contribution < 1.29 is 9.90 Å². The molecule has 0 aliphatic carbocycles. The van der Waals surface area contributed by atoms with E-state index in [0.717, 1.165) is 5.56 Å². The molecule has 16 heavy (non-hydrogen) atoms. The van der Waals surface area contributed by atoms with E-state index in [1.54, 1.807) is 17.0 Å². The van der Waals surface area contributed by atoms with Crippen LogP contribution in [0, 0.1) is 0 Å². The second-order valence-electron chi connectivity index (χ2n) is 3.73. The molecule has 84 valence electrons.